The van der Waals surface area contributed by atoms with E-state index in [2.05, 4.69) is 5.32 Å². The zero-order valence-corrected chi connectivity index (χ0v) is 11.2. The van der Waals surface area contributed by atoms with Gasteiger partial charge in [0, 0.05) is 25.2 Å². The highest BCUT2D eigenvalue weighted by Crippen LogP contribution is 2.22. The SMILES string of the molecule is COc1ccc(O)c(CNCC(=O)N2CCCC2)c1. The van der Waals surface area contributed by atoms with Gasteiger partial charge in [0.1, 0.15) is 11.5 Å². The second kappa shape index (κ2) is 6.43. The summed E-state index contributed by atoms with van der Waals surface area (Å²) in [5.74, 6) is 1.03. The third-order valence-electron chi connectivity index (χ3n) is 3.34. The second-order valence-electron chi connectivity index (χ2n) is 4.69. The van der Waals surface area contributed by atoms with E-state index in [-0.39, 0.29) is 11.7 Å². The van der Waals surface area contributed by atoms with Gasteiger partial charge in [-0.05, 0) is 31.0 Å². The van der Waals surface area contributed by atoms with Crippen LogP contribution >= 0.6 is 0 Å². The number of nitrogens with zero attached hydrogens (tertiary/aromatic N) is 1. The lowest BCUT2D eigenvalue weighted by Gasteiger charge is -2.15. The van der Waals surface area contributed by atoms with Crippen molar-refractivity contribution in [3.63, 3.8) is 0 Å². The van der Waals surface area contributed by atoms with Crippen LogP contribution < -0.4 is 10.1 Å². The van der Waals surface area contributed by atoms with Crippen LogP contribution in [0.3, 0.4) is 0 Å². The van der Waals surface area contributed by atoms with E-state index in [0.717, 1.165) is 31.5 Å². The maximum Gasteiger partial charge on any atom is 0.236 e. The van der Waals surface area contributed by atoms with Gasteiger partial charge in [-0.15, -0.1) is 0 Å². The van der Waals surface area contributed by atoms with Crippen molar-refractivity contribution in [2.75, 3.05) is 26.7 Å². The number of benzene rings is 1. The fraction of sp³-hybridized carbons (Fsp3) is 0.500. The predicted molar refractivity (Wildman–Crippen MR) is 72.2 cm³/mol. The van der Waals surface area contributed by atoms with Crippen molar-refractivity contribution < 1.29 is 14.6 Å². The van der Waals surface area contributed by atoms with Gasteiger partial charge in [-0.1, -0.05) is 0 Å². The number of nitrogens with one attached hydrogen (secondary N) is 1. The highest BCUT2D eigenvalue weighted by molar-refractivity contribution is 5.78. The van der Waals surface area contributed by atoms with Crippen LogP contribution in [0.4, 0.5) is 0 Å². The Balaban J connectivity index is 1.83. The van der Waals surface area contributed by atoms with Crippen molar-refractivity contribution in [2.45, 2.75) is 19.4 Å². The summed E-state index contributed by atoms with van der Waals surface area (Å²) < 4.78 is 5.10. The van der Waals surface area contributed by atoms with E-state index in [0.29, 0.717) is 18.8 Å². The third kappa shape index (κ3) is 3.61. The number of hydrogen-bond donors (Lipinski definition) is 2. The Hall–Kier alpha value is -1.75. The van der Waals surface area contributed by atoms with Gasteiger partial charge in [0.05, 0.1) is 13.7 Å². The largest absolute Gasteiger partial charge is 0.508 e. The van der Waals surface area contributed by atoms with Crippen molar-refractivity contribution in [3.05, 3.63) is 23.8 Å². The number of methoxy groups -OCH3 is 1. The quantitative estimate of drug-likeness (QED) is 0.836. The average Bonchev–Trinajstić information content (AvgIpc) is 2.95. The molecule has 0 radical (unpaired) electrons. The summed E-state index contributed by atoms with van der Waals surface area (Å²) in [6.07, 6.45) is 2.20. The molecule has 104 valence electrons. The maximum absolute atomic E-state index is 11.8. The Morgan fingerprint density at radius 2 is 2.16 bits per heavy atom. The minimum absolute atomic E-state index is 0.125. The van der Waals surface area contributed by atoms with Crippen LogP contribution in [-0.2, 0) is 11.3 Å². The second-order valence-corrected chi connectivity index (χ2v) is 4.69. The molecule has 1 saturated heterocycles. The standard InChI is InChI=1S/C14H20N2O3/c1-19-12-4-5-13(17)11(8-12)9-15-10-14(18)16-6-2-3-7-16/h4-5,8,15,17H,2-3,6-7,9-10H2,1H3. The molecule has 0 unspecified atom stereocenters. The third-order valence-corrected chi connectivity index (χ3v) is 3.34. The van der Waals surface area contributed by atoms with Crippen molar-refractivity contribution in [3.8, 4) is 11.5 Å². The van der Waals surface area contributed by atoms with Gasteiger partial charge in [-0.3, -0.25) is 4.79 Å². The number of phenolic OH excluding ortho intramolecular Hbond substituents is 1. The van der Waals surface area contributed by atoms with Gasteiger partial charge >= 0.3 is 0 Å². The highest BCUT2D eigenvalue weighted by atomic mass is 16.5. The van der Waals surface area contributed by atoms with Crippen LogP contribution in [0.15, 0.2) is 18.2 Å². The molecule has 1 aromatic carbocycles. The molecule has 0 aliphatic carbocycles. The first kappa shape index (κ1) is 13.7. The van der Waals surface area contributed by atoms with Gasteiger partial charge < -0.3 is 20.1 Å². The first-order valence-corrected chi connectivity index (χ1v) is 6.55. The summed E-state index contributed by atoms with van der Waals surface area (Å²) in [6, 6.07) is 5.06. The highest BCUT2D eigenvalue weighted by Gasteiger charge is 2.17. The molecule has 1 aliphatic rings. The zero-order chi connectivity index (χ0) is 13.7. The van der Waals surface area contributed by atoms with Gasteiger partial charge in [-0.2, -0.15) is 0 Å². The molecule has 1 aromatic rings. The van der Waals surface area contributed by atoms with Crippen molar-refractivity contribution >= 4 is 5.91 Å². The normalized spacial score (nSPS) is 14.7. The number of aromatic hydroxyl groups is 1. The van der Waals surface area contributed by atoms with E-state index >= 15 is 0 Å². The summed E-state index contributed by atoms with van der Waals surface area (Å²) in [5, 5.41) is 12.8. The predicted octanol–water partition coefficient (Wildman–Crippen LogP) is 1.11. The van der Waals surface area contributed by atoms with Crippen LogP contribution in [0.2, 0.25) is 0 Å². The molecule has 5 nitrogen and oxygen atoms in total. The number of phenols is 1. The molecular weight excluding hydrogens is 244 g/mol. The number of carbonyl (C=O) groups excluding carboxylic acids is 1. The van der Waals surface area contributed by atoms with Crippen molar-refractivity contribution in [1.82, 2.24) is 10.2 Å². The van der Waals surface area contributed by atoms with Crippen LogP contribution in [-0.4, -0.2) is 42.7 Å². The minimum Gasteiger partial charge on any atom is -0.508 e. The molecule has 2 N–H and O–H groups in total. The number of hydrogen-bond acceptors (Lipinski definition) is 4. The van der Waals surface area contributed by atoms with E-state index in [1.165, 1.54) is 0 Å². The first-order chi connectivity index (χ1) is 9.20. The van der Waals surface area contributed by atoms with Crippen LogP contribution in [0.5, 0.6) is 11.5 Å². The Morgan fingerprint density at radius 1 is 1.42 bits per heavy atom. The molecule has 0 spiro atoms. The summed E-state index contributed by atoms with van der Waals surface area (Å²) in [6.45, 7) is 2.48. The lowest BCUT2D eigenvalue weighted by molar-refractivity contribution is -0.129. The van der Waals surface area contributed by atoms with E-state index in [1.54, 1.807) is 25.3 Å². The Bertz CT molecular complexity index is 442. The molecule has 19 heavy (non-hydrogen) atoms. The molecular formula is C14H20N2O3. The fourth-order valence-electron chi connectivity index (χ4n) is 2.21. The summed E-state index contributed by atoms with van der Waals surface area (Å²) >= 11 is 0. The molecule has 0 aromatic heterocycles. The summed E-state index contributed by atoms with van der Waals surface area (Å²) in [7, 11) is 1.58. The van der Waals surface area contributed by atoms with E-state index in [1.807, 2.05) is 4.90 Å². The monoisotopic (exact) mass is 264 g/mol. The lowest BCUT2D eigenvalue weighted by Crippen LogP contribution is -2.35. The Labute approximate surface area is 113 Å². The first-order valence-electron chi connectivity index (χ1n) is 6.55. The molecule has 1 heterocycles. The maximum atomic E-state index is 11.8. The number of ether oxygens (including phenoxy) is 1. The molecule has 5 heteroatoms. The zero-order valence-electron chi connectivity index (χ0n) is 11.2. The molecule has 1 aliphatic heterocycles. The molecule has 0 saturated carbocycles. The fourth-order valence-corrected chi connectivity index (χ4v) is 2.21. The van der Waals surface area contributed by atoms with Crippen LogP contribution in [0.25, 0.3) is 0 Å². The molecule has 0 atom stereocenters. The van der Waals surface area contributed by atoms with Crippen LogP contribution in [0, 0.1) is 0 Å². The van der Waals surface area contributed by atoms with Gasteiger partial charge in [0.25, 0.3) is 0 Å². The van der Waals surface area contributed by atoms with Crippen LogP contribution in [0.1, 0.15) is 18.4 Å². The Morgan fingerprint density at radius 3 is 2.84 bits per heavy atom. The topological polar surface area (TPSA) is 61.8 Å². The van der Waals surface area contributed by atoms with E-state index < -0.39 is 0 Å². The van der Waals surface area contributed by atoms with Crippen molar-refractivity contribution in [2.24, 2.45) is 0 Å². The van der Waals surface area contributed by atoms with Gasteiger partial charge in [0.15, 0.2) is 0 Å². The summed E-state index contributed by atoms with van der Waals surface area (Å²) in [4.78, 5) is 13.7. The average molecular weight is 264 g/mol. The lowest BCUT2D eigenvalue weighted by atomic mass is 10.2. The molecule has 2 rings (SSSR count). The molecule has 1 fully saturated rings. The number of carbonyl (C=O) groups is 1. The van der Waals surface area contributed by atoms with Crippen molar-refractivity contribution in [1.29, 1.82) is 0 Å². The van der Waals surface area contributed by atoms with E-state index in [9.17, 15) is 9.90 Å². The number of likely N-dealkylation sites (tertiary alicyclic amines) is 1. The smallest absolute Gasteiger partial charge is 0.236 e. The minimum atomic E-state index is 0.125. The Kier molecular flexibility index (Phi) is 4.63. The molecule has 1 amide bonds. The number of rotatable bonds is 5. The summed E-state index contributed by atoms with van der Waals surface area (Å²) in [5.41, 5.74) is 0.730. The molecule has 0 bridgehead atoms. The van der Waals surface area contributed by atoms with Gasteiger partial charge in [0.2, 0.25) is 5.91 Å². The van der Waals surface area contributed by atoms with E-state index in [4.69, 9.17) is 4.74 Å². The number of amides is 1. The van der Waals surface area contributed by atoms with Gasteiger partial charge in [-0.25, -0.2) is 0 Å².